The van der Waals surface area contributed by atoms with Gasteiger partial charge in [-0.1, -0.05) is 0 Å². The van der Waals surface area contributed by atoms with Crippen LogP contribution < -0.4 is 4.90 Å². The first kappa shape index (κ1) is 11.8. The Morgan fingerprint density at radius 1 is 1.47 bits per heavy atom. The van der Waals surface area contributed by atoms with E-state index in [2.05, 4.69) is 9.97 Å². The second-order valence-electron chi connectivity index (χ2n) is 3.25. The van der Waals surface area contributed by atoms with E-state index in [0.29, 0.717) is 31.0 Å². The van der Waals surface area contributed by atoms with Crippen LogP contribution in [0.25, 0.3) is 0 Å². The van der Waals surface area contributed by atoms with E-state index < -0.39 is 0 Å². The van der Waals surface area contributed by atoms with Crippen LogP contribution in [0.5, 0.6) is 0 Å². The molecule has 5 heteroatoms. The van der Waals surface area contributed by atoms with Gasteiger partial charge in [-0.15, -0.1) is 0 Å². The molecule has 0 aromatic carbocycles. The number of aromatic nitrogens is 2. The van der Waals surface area contributed by atoms with Crippen LogP contribution in [0.4, 0.5) is 10.2 Å². The number of nitrogens with zero attached hydrogens (tertiary/aromatic N) is 3. The summed E-state index contributed by atoms with van der Waals surface area (Å²) >= 11 is 0. The summed E-state index contributed by atoms with van der Waals surface area (Å²) in [5.41, 5.74) is 0.349. The number of hydrogen-bond acceptors (Lipinski definition) is 4. The van der Waals surface area contributed by atoms with Crippen molar-refractivity contribution < 1.29 is 9.50 Å². The maximum absolute atomic E-state index is 13.6. The van der Waals surface area contributed by atoms with E-state index in [4.69, 9.17) is 5.11 Å². The van der Waals surface area contributed by atoms with Gasteiger partial charge in [0.2, 0.25) is 0 Å². The van der Waals surface area contributed by atoms with Gasteiger partial charge in [0, 0.05) is 19.7 Å². The van der Waals surface area contributed by atoms with Crippen molar-refractivity contribution in [1.82, 2.24) is 9.97 Å². The van der Waals surface area contributed by atoms with E-state index in [-0.39, 0.29) is 12.4 Å². The minimum atomic E-state index is -0.378. The summed E-state index contributed by atoms with van der Waals surface area (Å²) in [7, 11) is 0. The van der Waals surface area contributed by atoms with Crippen molar-refractivity contribution in [1.29, 1.82) is 0 Å². The van der Waals surface area contributed by atoms with Gasteiger partial charge in [-0.25, -0.2) is 14.4 Å². The summed E-state index contributed by atoms with van der Waals surface area (Å²) in [6.07, 6.45) is 1.96. The first-order valence-corrected chi connectivity index (χ1v) is 5.03. The summed E-state index contributed by atoms with van der Waals surface area (Å²) in [6, 6.07) is 0. The Labute approximate surface area is 88.8 Å². The third-order valence-electron chi connectivity index (χ3n) is 2.21. The van der Waals surface area contributed by atoms with E-state index in [1.165, 1.54) is 6.33 Å². The highest BCUT2D eigenvalue weighted by atomic mass is 19.1. The molecular formula is C10H16FN3O. The zero-order valence-electron chi connectivity index (χ0n) is 9.07. The Hall–Kier alpha value is -1.23. The lowest BCUT2D eigenvalue weighted by Gasteiger charge is -2.21. The lowest BCUT2D eigenvalue weighted by molar-refractivity contribution is 0.289. The second kappa shape index (κ2) is 5.60. The highest BCUT2D eigenvalue weighted by Crippen LogP contribution is 2.16. The predicted octanol–water partition coefficient (Wildman–Crippen LogP) is 1.13. The summed E-state index contributed by atoms with van der Waals surface area (Å²) < 4.78 is 13.6. The molecule has 0 amide bonds. The molecule has 84 valence electrons. The van der Waals surface area contributed by atoms with E-state index in [0.717, 1.165) is 0 Å². The average molecular weight is 213 g/mol. The molecule has 0 radical (unpaired) electrons. The van der Waals surface area contributed by atoms with Gasteiger partial charge in [0.1, 0.15) is 6.33 Å². The lowest BCUT2D eigenvalue weighted by atomic mass is 10.3. The SMILES string of the molecule is CCN(CCCO)c1ncnc(C)c1F. The Balaban J connectivity index is 2.86. The molecule has 1 aromatic rings. The minimum absolute atomic E-state index is 0.0994. The quantitative estimate of drug-likeness (QED) is 0.796. The molecule has 15 heavy (non-hydrogen) atoms. The van der Waals surface area contributed by atoms with Crippen molar-refractivity contribution in [2.24, 2.45) is 0 Å². The molecule has 1 heterocycles. The fourth-order valence-corrected chi connectivity index (χ4v) is 1.34. The largest absolute Gasteiger partial charge is 0.396 e. The Kier molecular flexibility index (Phi) is 4.42. The highest BCUT2D eigenvalue weighted by molar-refractivity contribution is 5.40. The van der Waals surface area contributed by atoms with Crippen LogP contribution in [-0.4, -0.2) is 34.8 Å². The normalized spacial score (nSPS) is 10.4. The molecule has 0 spiro atoms. The molecule has 0 aliphatic carbocycles. The number of rotatable bonds is 5. The minimum Gasteiger partial charge on any atom is -0.396 e. The smallest absolute Gasteiger partial charge is 0.186 e. The summed E-state index contributed by atoms with van der Waals surface area (Å²) in [5, 5.41) is 8.73. The molecule has 1 N–H and O–H groups in total. The van der Waals surface area contributed by atoms with E-state index >= 15 is 0 Å². The zero-order chi connectivity index (χ0) is 11.3. The summed E-state index contributed by atoms with van der Waals surface area (Å²) in [5.74, 6) is -0.0595. The summed E-state index contributed by atoms with van der Waals surface area (Å²) in [4.78, 5) is 9.49. The number of aryl methyl sites for hydroxylation is 1. The molecule has 1 rings (SSSR count). The van der Waals surface area contributed by atoms with Crippen LogP contribution in [0.3, 0.4) is 0 Å². The molecule has 0 atom stereocenters. The fraction of sp³-hybridized carbons (Fsp3) is 0.600. The molecule has 0 aliphatic heterocycles. The molecule has 0 unspecified atom stereocenters. The topological polar surface area (TPSA) is 49.2 Å². The molecule has 0 saturated carbocycles. The lowest BCUT2D eigenvalue weighted by Crippen LogP contribution is -2.27. The van der Waals surface area contributed by atoms with Gasteiger partial charge >= 0.3 is 0 Å². The van der Waals surface area contributed by atoms with Gasteiger partial charge in [-0.2, -0.15) is 0 Å². The predicted molar refractivity (Wildman–Crippen MR) is 56.3 cm³/mol. The van der Waals surface area contributed by atoms with Crippen LogP contribution in [0.15, 0.2) is 6.33 Å². The zero-order valence-corrected chi connectivity index (χ0v) is 9.07. The third-order valence-corrected chi connectivity index (χ3v) is 2.21. The number of anilines is 1. The molecule has 0 bridgehead atoms. The molecule has 0 saturated heterocycles. The highest BCUT2D eigenvalue weighted by Gasteiger charge is 2.13. The maximum Gasteiger partial charge on any atom is 0.186 e. The van der Waals surface area contributed by atoms with Crippen molar-refractivity contribution in [3.63, 3.8) is 0 Å². The van der Waals surface area contributed by atoms with Gasteiger partial charge in [0.25, 0.3) is 0 Å². The van der Waals surface area contributed by atoms with Gasteiger partial charge < -0.3 is 10.0 Å². The fourth-order valence-electron chi connectivity index (χ4n) is 1.34. The van der Waals surface area contributed by atoms with Crippen molar-refractivity contribution in [2.45, 2.75) is 20.3 Å². The van der Waals surface area contributed by atoms with Crippen molar-refractivity contribution >= 4 is 5.82 Å². The number of hydrogen-bond donors (Lipinski definition) is 1. The first-order chi connectivity index (χ1) is 7.20. The molecular weight excluding hydrogens is 197 g/mol. The van der Waals surface area contributed by atoms with Crippen molar-refractivity contribution in [2.75, 3.05) is 24.6 Å². The summed E-state index contributed by atoms with van der Waals surface area (Å²) in [6.45, 7) is 4.89. The van der Waals surface area contributed by atoms with E-state index in [1.807, 2.05) is 6.92 Å². The number of aliphatic hydroxyl groups is 1. The van der Waals surface area contributed by atoms with Crippen LogP contribution >= 0.6 is 0 Å². The average Bonchev–Trinajstić information content (AvgIpc) is 2.25. The molecule has 1 aromatic heterocycles. The third kappa shape index (κ3) is 2.86. The maximum atomic E-state index is 13.6. The van der Waals surface area contributed by atoms with E-state index in [9.17, 15) is 4.39 Å². The van der Waals surface area contributed by atoms with Gasteiger partial charge in [0.15, 0.2) is 11.6 Å². The standard InChI is InChI=1S/C10H16FN3O/c1-3-14(5-4-6-15)10-9(11)8(2)12-7-13-10/h7,15H,3-6H2,1-2H3. The second-order valence-corrected chi connectivity index (χ2v) is 3.25. The number of halogens is 1. The Bertz CT molecular complexity index is 320. The van der Waals surface area contributed by atoms with Crippen molar-refractivity contribution in [3.8, 4) is 0 Å². The van der Waals surface area contributed by atoms with Crippen LogP contribution in [0, 0.1) is 12.7 Å². The molecule has 0 aliphatic rings. The van der Waals surface area contributed by atoms with Crippen LogP contribution in [0.2, 0.25) is 0 Å². The van der Waals surface area contributed by atoms with Crippen LogP contribution in [0.1, 0.15) is 19.0 Å². The molecule has 4 nitrogen and oxygen atoms in total. The van der Waals surface area contributed by atoms with Gasteiger partial charge in [0.05, 0.1) is 5.69 Å². The van der Waals surface area contributed by atoms with Crippen LogP contribution in [-0.2, 0) is 0 Å². The van der Waals surface area contributed by atoms with Gasteiger partial charge in [-0.05, 0) is 20.3 Å². The number of aliphatic hydroxyl groups excluding tert-OH is 1. The Morgan fingerprint density at radius 2 is 2.20 bits per heavy atom. The Morgan fingerprint density at radius 3 is 2.80 bits per heavy atom. The molecule has 0 fully saturated rings. The van der Waals surface area contributed by atoms with E-state index in [1.54, 1.807) is 11.8 Å². The first-order valence-electron chi connectivity index (χ1n) is 5.03. The van der Waals surface area contributed by atoms with Gasteiger partial charge in [-0.3, -0.25) is 0 Å². The monoisotopic (exact) mass is 213 g/mol. The van der Waals surface area contributed by atoms with Crippen molar-refractivity contribution in [3.05, 3.63) is 17.8 Å².